The molecule has 4 heterocycles. The van der Waals surface area contributed by atoms with Gasteiger partial charge in [-0.25, -0.2) is 24.9 Å². The van der Waals surface area contributed by atoms with Gasteiger partial charge in [0.05, 0.1) is 18.8 Å². The minimum Gasteiger partial charge on any atom is -0.399 e. The van der Waals surface area contributed by atoms with Crippen LogP contribution in [0.25, 0.3) is 32.3 Å². The lowest BCUT2D eigenvalue weighted by molar-refractivity contribution is 0.122. The standard InChI is InChI=1S/C19H18N8OS/c20-13-3-1-11(2-4-13)17-24-14-16(27-5-7-28-8-6-27)25-15(26-18(14)29-17)12-9-22-19(21)23-10-12/h1-4,9-10H,5-8,20H2,(H2,21,22,23). The van der Waals surface area contributed by atoms with Gasteiger partial charge in [-0.2, -0.15) is 0 Å². The average molecular weight is 406 g/mol. The molecule has 1 aliphatic heterocycles. The van der Waals surface area contributed by atoms with Crippen LogP contribution < -0.4 is 16.4 Å². The summed E-state index contributed by atoms with van der Waals surface area (Å²) in [5, 5.41) is 0.870. The fourth-order valence-electron chi connectivity index (χ4n) is 3.14. The molecule has 0 saturated carbocycles. The highest BCUT2D eigenvalue weighted by Gasteiger charge is 2.21. The molecule has 0 unspecified atom stereocenters. The second-order valence-corrected chi connectivity index (χ2v) is 7.57. The van der Waals surface area contributed by atoms with Gasteiger partial charge in [0.15, 0.2) is 11.6 Å². The highest BCUT2D eigenvalue weighted by atomic mass is 32.1. The molecule has 0 amide bonds. The summed E-state index contributed by atoms with van der Waals surface area (Å²) in [7, 11) is 0. The molecule has 4 N–H and O–H groups in total. The Morgan fingerprint density at radius 2 is 1.62 bits per heavy atom. The Bertz CT molecular complexity index is 1150. The third kappa shape index (κ3) is 3.43. The lowest BCUT2D eigenvalue weighted by atomic mass is 10.2. The van der Waals surface area contributed by atoms with Gasteiger partial charge < -0.3 is 21.1 Å². The highest BCUT2D eigenvalue weighted by molar-refractivity contribution is 7.21. The number of ether oxygens (including phenoxy) is 1. The van der Waals surface area contributed by atoms with Gasteiger partial charge in [-0.15, -0.1) is 0 Å². The number of fused-ring (bicyclic) bond motifs is 1. The van der Waals surface area contributed by atoms with Crippen molar-refractivity contribution in [1.29, 1.82) is 0 Å². The van der Waals surface area contributed by atoms with E-state index in [9.17, 15) is 0 Å². The molecule has 1 fully saturated rings. The monoisotopic (exact) mass is 406 g/mol. The van der Waals surface area contributed by atoms with Gasteiger partial charge in [0.1, 0.15) is 15.4 Å². The molecule has 10 heteroatoms. The van der Waals surface area contributed by atoms with Crippen LogP contribution in [0.2, 0.25) is 0 Å². The lowest BCUT2D eigenvalue weighted by Gasteiger charge is -2.28. The van der Waals surface area contributed by atoms with Crippen molar-refractivity contribution in [2.45, 2.75) is 0 Å². The van der Waals surface area contributed by atoms with Gasteiger partial charge in [0.2, 0.25) is 5.95 Å². The fourth-order valence-corrected chi connectivity index (χ4v) is 4.08. The van der Waals surface area contributed by atoms with Crippen LogP contribution in [-0.2, 0) is 4.74 Å². The van der Waals surface area contributed by atoms with E-state index < -0.39 is 0 Å². The van der Waals surface area contributed by atoms with Crippen LogP contribution in [0.1, 0.15) is 0 Å². The molecule has 1 saturated heterocycles. The number of benzene rings is 1. The predicted molar refractivity (Wildman–Crippen MR) is 114 cm³/mol. The molecule has 0 atom stereocenters. The molecule has 0 radical (unpaired) electrons. The van der Waals surface area contributed by atoms with Crippen molar-refractivity contribution < 1.29 is 4.74 Å². The Labute approximate surface area is 170 Å². The number of nitrogens with zero attached hydrogens (tertiary/aromatic N) is 6. The zero-order valence-corrected chi connectivity index (χ0v) is 16.3. The molecule has 146 valence electrons. The summed E-state index contributed by atoms with van der Waals surface area (Å²) >= 11 is 1.52. The van der Waals surface area contributed by atoms with Crippen LogP contribution >= 0.6 is 11.3 Å². The van der Waals surface area contributed by atoms with Crippen LogP contribution in [0.4, 0.5) is 17.5 Å². The van der Waals surface area contributed by atoms with Crippen molar-refractivity contribution in [3.8, 4) is 22.0 Å². The van der Waals surface area contributed by atoms with Crippen molar-refractivity contribution in [1.82, 2.24) is 24.9 Å². The number of thiazole rings is 1. The molecule has 1 aromatic carbocycles. The number of morpholine rings is 1. The number of aromatic nitrogens is 5. The molecular formula is C19H18N8OS. The summed E-state index contributed by atoms with van der Waals surface area (Å²) in [6, 6.07) is 7.66. The van der Waals surface area contributed by atoms with Crippen molar-refractivity contribution in [3.05, 3.63) is 36.7 Å². The molecule has 3 aromatic heterocycles. The van der Waals surface area contributed by atoms with Crippen LogP contribution in [0, 0.1) is 0 Å². The van der Waals surface area contributed by atoms with E-state index in [2.05, 4.69) is 14.9 Å². The summed E-state index contributed by atoms with van der Waals surface area (Å²) < 4.78 is 5.50. The van der Waals surface area contributed by atoms with Crippen molar-refractivity contribution in [2.75, 3.05) is 42.7 Å². The third-order valence-corrected chi connectivity index (χ3v) is 5.64. The average Bonchev–Trinajstić information content (AvgIpc) is 3.19. The number of rotatable bonds is 3. The summed E-state index contributed by atoms with van der Waals surface area (Å²) in [6.07, 6.45) is 3.27. The Morgan fingerprint density at radius 3 is 2.34 bits per heavy atom. The zero-order chi connectivity index (χ0) is 19.8. The van der Waals surface area contributed by atoms with Gasteiger partial charge in [-0.1, -0.05) is 11.3 Å². The first kappa shape index (κ1) is 17.7. The van der Waals surface area contributed by atoms with Crippen LogP contribution in [0.15, 0.2) is 36.7 Å². The fraction of sp³-hybridized carbons (Fsp3) is 0.211. The molecule has 4 aromatic rings. The minimum absolute atomic E-state index is 0.214. The molecule has 5 rings (SSSR count). The van der Waals surface area contributed by atoms with Gasteiger partial charge in [0, 0.05) is 36.7 Å². The quantitative estimate of drug-likeness (QED) is 0.492. The number of anilines is 3. The summed E-state index contributed by atoms with van der Waals surface area (Å²) in [5.74, 6) is 1.56. The van der Waals surface area contributed by atoms with Gasteiger partial charge in [0.25, 0.3) is 0 Å². The number of hydrogen-bond acceptors (Lipinski definition) is 10. The predicted octanol–water partition coefficient (Wildman–Crippen LogP) is 2.21. The Morgan fingerprint density at radius 1 is 0.897 bits per heavy atom. The number of nitrogens with two attached hydrogens (primary N) is 2. The van der Waals surface area contributed by atoms with E-state index in [-0.39, 0.29) is 5.95 Å². The lowest BCUT2D eigenvalue weighted by Crippen LogP contribution is -2.37. The van der Waals surface area contributed by atoms with Gasteiger partial charge >= 0.3 is 0 Å². The maximum atomic E-state index is 5.82. The van der Waals surface area contributed by atoms with Crippen molar-refractivity contribution in [3.63, 3.8) is 0 Å². The van der Waals surface area contributed by atoms with E-state index in [1.807, 2.05) is 24.3 Å². The molecule has 9 nitrogen and oxygen atoms in total. The Balaban J connectivity index is 1.67. The van der Waals surface area contributed by atoms with E-state index in [0.29, 0.717) is 30.3 Å². The summed E-state index contributed by atoms with van der Waals surface area (Å²) in [4.78, 5) is 25.5. The number of nitrogen functional groups attached to an aromatic ring is 2. The molecule has 0 aliphatic carbocycles. The Kier molecular flexibility index (Phi) is 4.41. The molecule has 1 aliphatic rings. The zero-order valence-electron chi connectivity index (χ0n) is 15.4. The minimum atomic E-state index is 0.214. The van der Waals surface area contributed by atoms with E-state index in [4.69, 9.17) is 31.2 Å². The number of hydrogen-bond donors (Lipinski definition) is 2. The second kappa shape index (κ2) is 7.22. The maximum Gasteiger partial charge on any atom is 0.219 e. The smallest absolute Gasteiger partial charge is 0.219 e. The Hall–Kier alpha value is -3.37. The molecular weight excluding hydrogens is 388 g/mol. The van der Waals surface area contributed by atoms with E-state index in [1.165, 1.54) is 11.3 Å². The largest absolute Gasteiger partial charge is 0.399 e. The summed E-state index contributed by atoms with van der Waals surface area (Å²) in [5.41, 5.74) is 14.6. The van der Waals surface area contributed by atoms with E-state index >= 15 is 0 Å². The third-order valence-electron chi connectivity index (χ3n) is 4.64. The maximum absolute atomic E-state index is 5.82. The van der Waals surface area contributed by atoms with Crippen LogP contribution in [-0.4, -0.2) is 51.2 Å². The van der Waals surface area contributed by atoms with Gasteiger partial charge in [-0.3, -0.25) is 0 Å². The first-order chi connectivity index (χ1) is 14.2. The first-order valence-electron chi connectivity index (χ1n) is 9.12. The normalized spacial score (nSPS) is 14.4. The summed E-state index contributed by atoms with van der Waals surface area (Å²) in [6.45, 7) is 2.80. The topological polar surface area (TPSA) is 129 Å². The SMILES string of the molecule is Nc1ccc(-c2nc3c(N4CCOCC4)nc(-c4cnc(N)nc4)nc3s2)cc1. The van der Waals surface area contributed by atoms with Crippen LogP contribution in [0.5, 0.6) is 0 Å². The molecule has 0 spiro atoms. The van der Waals surface area contributed by atoms with E-state index in [0.717, 1.165) is 39.8 Å². The van der Waals surface area contributed by atoms with E-state index in [1.54, 1.807) is 12.4 Å². The molecule has 29 heavy (non-hydrogen) atoms. The second-order valence-electron chi connectivity index (χ2n) is 6.59. The van der Waals surface area contributed by atoms with Crippen LogP contribution in [0.3, 0.4) is 0 Å². The van der Waals surface area contributed by atoms with Crippen molar-refractivity contribution in [2.24, 2.45) is 0 Å². The highest BCUT2D eigenvalue weighted by Crippen LogP contribution is 2.35. The van der Waals surface area contributed by atoms with Gasteiger partial charge in [-0.05, 0) is 24.3 Å². The first-order valence-corrected chi connectivity index (χ1v) is 9.94. The molecule has 0 bridgehead atoms. The van der Waals surface area contributed by atoms with Crippen molar-refractivity contribution >= 4 is 39.1 Å².